The molecule has 1 aromatic rings. The lowest BCUT2D eigenvalue weighted by Gasteiger charge is -2.27. The van der Waals surface area contributed by atoms with E-state index in [0.29, 0.717) is 5.92 Å². The fourth-order valence-corrected chi connectivity index (χ4v) is 1.67. The number of aromatic nitrogens is 1. The molecule has 0 unspecified atom stereocenters. The largest absolute Gasteiger partial charge is 0.264 e. The van der Waals surface area contributed by atoms with Crippen LogP contribution in [0.4, 0.5) is 0 Å². The Kier molecular flexibility index (Phi) is 3.30. The molecule has 1 heteroatoms. The molecule has 0 N–H and O–H groups in total. The Morgan fingerprint density at radius 1 is 1.36 bits per heavy atom. The third-order valence-electron chi connectivity index (χ3n) is 3.09. The third-order valence-corrected chi connectivity index (χ3v) is 3.09. The average Bonchev–Trinajstić information content (AvgIpc) is 2.18. The Hall–Kier alpha value is -0.850. The van der Waals surface area contributed by atoms with Crippen LogP contribution in [0.15, 0.2) is 18.5 Å². The van der Waals surface area contributed by atoms with Gasteiger partial charge in [0.05, 0.1) is 0 Å². The van der Waals surface area contributed by atoms with E-state index in [1.807, 2.05) is 12.4 Å². The van der Waals surface area contributed by atoms with E-state index in [2.05, 4.69) is 45.7 Å². The minimum absolute atomic E-state index is 0.266. The summed E-state index contributed by atoms with van der Waals surface area (Å²) in [5.74, 6) is 0.560. The lowest BCUT2D eigenvalue weighted by molar-refractivity contribution is 0.497. The fraction of sp³-hybridized carbons (Fsp3) is 0.615. The molecular weight excluding hydrogens is 170 g/mol. The Bertz CT molecular complexity index is 300. The quantitative estimate of drug-likeness (QED) is 0.706. The normalized spacial score (nSPS) is 12.1. The topological polar surface area (TPSA) is 12.9 Å². The predicted molar refractivity (Wildman–Crippen MR) is 61.6 cm³/mol. The molecule has 1 aromatic heterocycles. The Balaban J connectivity index is 3.20. The van der Waals surface area contributed by atoms with Crippen LogP contribution in [0.3, 0.4) is 0 Å². The first-order chi connectivity index (χ1) is 6.49. The summed E-state index contributed by atoms with van der Waals surface area (Å²) in [6.45, 7) is 11.3. The lowest BCUT2D eigenvalue weighted by Crippen LogP contribution is -2.18. The second-order valence-electron chi connectivity index (χ2n) is 4.86. The molecule has 78 valence electrons. The minimum Gasteiger partial charge on any atom is -0.264 e. The van der Waals surface area contributed by atoms with Gasteiger partial charge in [0, 0.05) is 12.4 Å². The zero-order valence-electron chi connectivity index (χ0n) is 9.96. The van der Waals surface area contributed by atoms with Crippen LogP contribution in [-0.4, -0.2) is 4.98 Å². The van der Waals surface area contributed by atoms with Crippen molar-refractivity contribution in [2.45, 2.75) is 52.4 Å². The van der Waals surface area contributed by atoms with Crippen LogP contribution in [0.2, 0.25) is 0 Å². The van der Waals surface area contributed by atoms with Gasteiger partial charge >= 0.3 is 0 Å². The molecule has 1 nitrogen and oxygen atoms in total. The molecule has 0 atom stereocenters. The van der Waals surface area contributed by atoms with Gasteiger partial charge in [0.1, 0.15) is 0 Å². The van der Waals surface area contributed by atoms with Gasteiger partial charge in [0.25, 0.3) is 0 Å². The summed E-state index contributed by atoms with van der Waals surface area (Å²) in [6.07, 6.45) is 5.08. The molecule has 0 aromatic carbocycles. The first-order valence-corrected chi connectivity index (χ1v) is 5.43. The Morgan fingerprint density at radius 3 is 2.50 bits per heavy atom. The van der Waals surface area contributed by atoms with Crippen LogP contribution in [0.5, 0.6) is 0 Å². The number of nitrogens with zero attached hydrogens (tertiary/aromatic N) is 1. The second-order valence-corrected chi connectivity index (χ2v) is 4.86. The van der Waals surface area contributed by atoms with Crippen molar-refractivity contribution < 1.29 is 0 Å². The Morgan fingerprint density at radius 2 is 2.00 bits per heavy atom. The van der Waals surface area contributed by atoms with Crippen molar-refractivity contribution in [3.8, 4) is 0 Å². The van der Waals surface area contributed by atoms with Crippen LogP contribution in [0.1, 0.15) is 58.1 Å². The number of hydrogen-bond donors (Lipinski definition) is 0. The standard InChI is InChI=1S/C13H21N/c1-6-13(4,5)12-7-8-14-9-11(12)10(2)3/h7-10H,6H2,1-5H3. The first-order valence-electron chi connectivity index (χ1n) is 5.43. The van der Waals surface area contributed by atoms with Crippen LogP contribution in [-0.2, 0) is 5.41 Å². The van der Waals surface area contributed by atoms with Crippen molar-refractivity contribution >= 4 is 0 Å². The van der Waals surface area contributed by atoms with Crippen molar-refractivity contribution in [3.05, 3.63) is 29.6 Å². The SMILES string of the molecule is CCC(C)(C)c1ccncc1C(C)C. The summed E-state index contributed by atoms with van der Waals surface area (Å²) in [4.78, 5) is 4.21. The van der Waals surface area contributed by atoms with E-state index in [9.17, 15) is 0 Å². The van der Waals surface area contributed by atoms with E-state index in [-0.39, 0.29) is 5.41 Å². The number of pyridine rings is 1. The van der Waals surface area contributed by atoms with Crippen molar-refractivity contribution in [3.63, 3.8) is 0 Å². The van der Waals surface area contributed by atoms with Crippen LogP contribution < -0.4 is 0 Å². The molecule has 0 spiro atoms. The average molecular weight is 191 g/mol. The second kappa shape index (κ2) is 4.12. The third kappa shape index (κ3) is 2.14. The molecule has 0 fully saturated rings. The molecule has 0 aliphatic rings. The highest BCUT2D eigenvalue weighted by molar-refractivity contribution is 5.32. The molecule has 14 heavy (non-hydrogen) atoms. The maximum atomic E-state index is 4.21. The van der Waals surface area contributed by atoms with Gasteiger partial charge in [-0.3, -0.25) is 4.98 Å². The van der Waals surface area contributed by atoms with E-state index >= 15 is 0 Å². The zero-order chi connectivity index (χ0) is 10.8. The van der Waals surface area contributed by atoms with Crippen LogP contribution >= 0.6 is 0 Å². The summed E-state index contributed by atoms with van der Waals surface area (Å²) in [7, 11) is 0. The van der Waals surface area contributed by atoms with Crippen molar-refractivity contribution in [1.29, 1.82) is 0 Å². The highest BCUT2D eigenvalue weighted by atomic mass is 14.6. The summed E-state index contributed by atoms with van der Waals surface area (Å²) >= 11 is 0. The van der Waals surface area contributed by atoms with E-state index < -0.39 is 0 Å². The summed E-state index contributed by atoms with van der Waals surface area (Å²) < 4.78 is 0. The van der Waals surface area contributed by atoms with Crippen LogP contribution in [0, 0.1) is 0 Å². The van der Waals surface area contributed by atoms with E-state index in [0.717, 1.165) is 6.42 Å². The number of rotatable bonds is 3. The maximum Gasteiger partial charge on any atom is 0.0305 e. The maximum absolute atomic E-state index is 4.21. The molecule has 1 heterocycles. The molecule has 1 rings (SSSR count). The van der Waals surface area contributed by atoms with Crippen LogP contribution in [0.25, 0.3) is 0 Å². The van der Waals surface area contributed by atoms with Crippen molar-refractivity contribution in [2.75, 3.05) is 0 Å². The molecule has 0 amide bonds. The van der Waals surface area contributed by atoms with Gasteiger partial charge in [0.2, 0.25) is 0 Å². The highest BCUT2D eigenvalue weighted by Gasteiger charge is 2.22. The highest BCUT2D eigenvalue weighted by Crippen LogP contribution is 2.32. The summed E-state index contributed by atoms with van der Waals surface area (Å²) in [5, 5.41) is 0. The van der Waals surface area contributed by atoms with E-state index in [1.54, 1.807) is 0 Å². The molecule has 0 aliphatic heterocycles. The summed E-state index contributed by atoms with van der Waals surface area (Å²) in [6, 6.07) is 2.17. The Labute approximate surface area is 87.6 Å². The minimum atomic E-state index is 0.266. The lowest BCUT2D eigenvalue weighted by atomic mass is 9.78. The fourth-order valence-electron chi connectivity index (χ4n) is 1.67. The van der Waals surface area contributed by atoms with Crippen molar-refractivity contribution in [2.24, 2.45) is 0 Å². The van der Waals surface area contributed by atoms with Crippen molar-refractivity contribution in [1.82, 2.24) is 4.98 Å². The monoisotopic (exact) mass is 191 g/mol. The van der Waals surface area contributed by atoms with Gasteiger partial charge in [-0.1, -0.05) is 34.6 Å². The van der Waals surface area contributed by atoms with Gasteiger partial charge in [-0.15, -0.1) is 0 Å². The zero-order valence-corrected chi connectivity index (χ0v) is 9.96. The molecule has 0 bridgehead atoms. The van der Waals surface area contributed by atoms with E-state index in [1.165, 1.54) is 11.1 Å². The van der Waals surface area contributed by atoms with E-state index in [4.69, 9.17) is 0 Å². The first kappa shape index (κ1) is 11.2. The molecule has 0 radical (unpaired) electrons. The number of hydrogen-bond acceptors (Lipinski definition) is 1. The van der Waals surface area contributed by atoms with Gasteiger partial charge in [-0.25, -0.2) is 0 Å². The smallest absolute Gasteiger partial charge is 0.0305 e. The van der Waals surface area contributed by atoms with Gasteiger partial charge in [-0.2, -0.15) is 0 Å². The molecule has 0 saturated carbocycles. The molecular formula is C13H21N. The molecule has 0 aliphatic carbocycles. The predicted octanol–water partition coefficient (Wildman–Crippen LogP) is 3.89. The van der Waals surface area contributed by atoms with Gasteiger partial charge < -0.3 is 0 Å². The summed E-state index contributed by atoms with van der Waals surface area (Å²) in [5.41, 5.74) is 3.10. The van der Waals surface area contributed by atoms with Gasteiger partial charge in [0.15, 0.2) is 0 Å². The molecule has 0 saturated heterocycles. The van der Waals surface area contributed by atoms with Gasteiger partial charge in [-0.05, 0) is 34.9 Å².